The number of fused-ring (bicyclic) bond motifs is 1. The van der Waals surface area contributed by atoms with Gasteiger partial charge in [0, 0.05) is 19.2 Å². The molecule has 2 aromatic rings. The van der Waals surface area contributed by atoms with Gasteiger partial charge in [-0.2, -0.15) is 0 Å². The monoisotopic (exact) mass is 164 g/mol. The van der Waals surface area contributed by atoms with Gasteiger partial charge in [0.1, 0.15) is 5.69 Å². The van der Waals surface area contributed by atoms with E-state index in [9.17, 15) is 4.79 Å². The predicted octanol–water partition coefficient (Wildman–Crippen LogP) is 1.12. The fraction of sp³-hybridized carbons (Fsp3) is 0.125. The quantitative estimate of drug-likeness (QED) is 0.663. The van der Waals surface area contributed by atoms with Crippen LogP contribution in [0.2, 0.25) is 0 Å². The number of amides is 1. The molecule has 0 unspecified atom stereocenters. The summed E-state index contributed by atoms with van der Waals surface area (Å²) in [5.74, 6) is -0.138. The minimum atomic E-state index is -0.138. The first-order chi connectivity index (χ1) is 5.81. The van der Waals surface area contributed by atoms with Gasteiger partial charge in [0.05, 0.1) is 11.8 Å². The molecular weight excluding hydrogens is 156 g/mol. The molecule has 0 atom stereocenters. The second-order valence-corrected chi connectivity index (χ2v) is 2.46. The van der Waals surface area contributed by atoms with Gasteiger partial charge in [-0.3, -0.25) is 4.79 Å². The number of H-pyrrole nitrogens is 1. The van der Waals surface area contributed by atoms with Crippen LogP contribution in [0.3, 0.4) is 0 Å². The average Bonchev–Trinajstić information content (AvgIpc) is 2.60. The van der Waals surface area contributed by atoms with Crippen LogP contribution >= 0.6 is 0 Å². The molecule has 0 aliphatic carbocycles. The van der Waals surface area contributed by atoms with Gasteiger partial charge in [-0.15, -0.1) is 0 Å². The van der Waals surface area contributed by atoms with Gasteiger partial charge in [-0.05, 0) is 0 Å². The van der Waals surface area contributed by atoms with E-state index in [2.05, 4.69) is 10.3 Å². The van der Waals surface area contributed by atoms with E-state index < -0.39 is 0 Å². The topological polar surface area (TPSA) is 58.0 Å². The molecule has 4 nitrogen and oxygen atoms in total. The summed E-state index contributed by atoms with van der Waals surface area (Å²) in [5, 5.41) is 2.52. The molecule has 0 aromatic carbocycles. The smallest absolute Gasteiger partial charge is 0.267 e. The molecule has 0 saturated carbocycles. The van der Waals surface area contributed by atoms with Crippen LogP contribution in [-0.4, -0.2) is 17.9 Å². The first-order valence-corrected chi connectivity index (χ1v) is 3.59. The lowest BCUT2D eigenvalue weighted by Gasteiger charge is -1.92. The Hall–Kier alpha value is -1.71. The molecule has 0 fully saturated rings. The largest absolute Gasteiger partial charge is 0.463 e. The van der Waals surface area contributed by atoms with E-state index >= 15 is 0 Å². The van der Waals surface area contributed by atoms with Crippen LogP contribution < -0.4 is 5.32 Å². The second kappa shape index (κ2) is 2.41. The third-order valence-electron chi connectivity index (χ3n) is 1.71. The molecule has 1 amide bonds. The summed E-state index contributed by atoms with van der Waals surface area (Å²) >= 11 is 0. The summed E-state index contributed by atoms with van der Waals surface area (Å²) in [6.45, 7) is 0. The zero-order valence-electron chi connectivity index (χ0n) is 6.55. The van der Waals surface area contributed by atoms with Gasteiger partial charge in [0.25, 0.3) is 5.91 Å². The van der Waals surface area contributed by atoms with Crippen molar-refractivity contribution in [1.29, 1.82) is 0 Å². The molecule has 0 bridgehead atoms. The van der Waals surface area contributed by atoms with E-state index in [-0.39, 0.29) is 5.91 Å². The highest BCUT2D eigenvalue weighted by Gasteiger charge is 2.08. The van der Waals surface area contributed by atoms with Gasteiger partial charge < -0.3 is 14.7 Å². The van der Waals surface area contributed by atoms with E-state index in [0.29, 0.717) is 11.3 Å². The fourth-order valence-electron chi connectivity index (χ4n) is 1.11. The molecule has 2 aromatic heterocycles. The molecule has 4 heteroatoms. The summed E-state index contributed by atoms with van der Waals surface area (Å²) < 4.78 is 5.08. The maximum absolute atomic E-state index is 11.1. The van der Waals surface area contributed by atoms with Crippen molar-refractivity contribution in [2.75, 3.05) is 7.05 Å². The third-order valence-corrected chi connectivity index (χ3v) is 1.71. The summed E-state index contributed by atoms with van der Waals surface area (Å²) in [6, 6.07) is 3.45. The molecule has 0 aliphatic rings. The second-order valence-electron chi connectivity index (χ2n) is 2.46. The summed E-state index contributed by atoms with van der Waals surface area (Å²) in [7, 11) is 1.59. The Balaban J connectivity index is 2.51. The standard InChI is InChI=1S/C8H8N2O2/c1-9-8(11)6-4-7-5(10-6)2-3-12-7/h2-4,10H,1H3,(H,9,11). The van der Waals surface area contributed by atoms with Crippen molar-refractivity contribution in [2.45, 2.75) is 0 Å². The van der Waals surface area contributed by atoms with Gasteiger partial charge in [-0.25, -0.2) is 0 Å². The van der Waals surface area contributed by atoms with Crippen LogP contribution in [0.5, 0.6) is 0 Å². The van der Waals surface area contributed by atoms with Crippen molar-refractivity contribution >= 4 is 17.0 Å². The van der Waals surface area contributed by atoms with Gasteiger partial charge in [-0.1, -0.05) is 0 Å². The summed E-state index contributed by atoms with van der Waals surface area (Å²) in [5.41, 5.74) is 2.06. The number of furan rings is 1. The van der Waals surface area contributed by atoms with E-state index in [4.69, 9.17) is 4.42 Å². The minimum Gasteiger partial charge on any atom is -0.463 e. The Kier molecular flexibility index (Phi) is 1.40. The molecule has 0 saturated heterocycles. The lowest BCUT2D eigenvalue weighted by Crippen LogP contribution is -2.17. The van der Waals surface area contributed by atoms with Crippen molar-refractivity contribution < 1.29 is 9.21 Å². The van der Waals surface area contributed by atoms with Gasteiger partial charge in [0.2, 0.25) is 0 Å². The number of aromatic amines is 1. The SMILES string of the molecule is CNC(=O)c1cc2occc2[nH]1. The minimum absolute atomic E-state index is 0.138. The average molecular weight is 164 g/mol. The van der Waals surface area contributed by atoms with Crippen LogP contribution in [0.1, 0.15) is 10.5 Å². The lowest BCUT2D eigenvalue weighted by atomic mass is 10.4. The Bertz CT molecular complexity index is 385. The van der Waals surface area contributed by atoms with Crippen molar-refractivity contribution in [2.24, 2.45) is 0 Å². The number of nitrogens with one attached hydrogen (secondary N) is 2. The summed E-state index contributed by atoms with van der Waals surface area (Å²) in [4.78, 5) is 14.0. The molecule has 2 heterocycles. The van der Waals surface area contributed by atoms with Crippen LogP contribution in [0.4, 0.5) is 0 Å². The number of aromatic nitrogens is 1. The highest BCUT2D eigenvalue weighted by atomic mass is 16.3. The van der Waals surface area contributed by atoms with Crippen LogP contribution in [0.15, 0.2) is 22.8 Å². The fourth-order valence-corrected chi connectivity index (χ4v) is 1.11. The number of hydrogen-bond acceptors (Lipinski definition) is 2. The first-order valence-electron chi connectivity index (χ1n) is 3.59. The maximum Gasteiger partial charge on any atom is 0.267 e. The zero-order chi connectivity index (χ0) is 8.55. The number of carbonyl (C=O) groups excluding carboxylic acids is 1. The molecule has 62 valence electrons. The van der Waals surface area contributed by atoms with E-state index in [1.807, 2.05) is 0 Å². The normalized spacial score (nSPS) is 10.4. The Morgan fingerprint density at radius 2 is 2.50 bits per heavy atom. The van der Waals surface area contributed by atoms with Crippen molar-refractivity contribution in [3.05, 3.63) is 24.1 Å². The van der Waals surface area contributed by atoms with Crippen LogP contribution in [0.25, 0.3) is 11.1 Å². The molecular formula is C8H8N2O2. The Labute approximate surface area is 68.6 Å². The van der Waals surface area contributed by atoms with Gasteiger partial charge >= 0.3 is 0 Å². The zero-order valence-corrected chi connectivity index (χ0v) is 6.55. The van der Waals surface area contributed by atoms with Crippen molar-refractivity contribution in [3.8, 4) is 0 Å². The third kappa shape index (κ3) is 0.887. The van der Waals surface area contributed by atoms with Crippen molar-refractivity contribution in [3.63, 3.8) is 0 Å². The maximum atomic E-state index is 11.1. The van der Waals surface area contributed by atoms with E-state index in [1.54, 1.807) is 25.4 Å². The van der Waals surface area contributed by atoms with E-state index in [0.717, 1.165) is 5.52 Å². The first kappa shape index (κ1) is 6.97. The highest BCUT2D eigenvalue weighted by Crippen LogP contribution is 2.15. The molecule has 2 rings (SSSR count). The van der Waals surface area contributed by atoms with Crippen molar-refractivity contribution in [1.82, 2.24) is 10.3 Å². The highest BCUT2D eigenvalue weighted by molar-refractivity contribution is 5.96. The number of carbonyl (C=O) groups is 1. The molecule has 0 radical (unpaired) electrons. The van der Waals surface area contributed by atoms with Crippen LogP contribution in [-0.2, 0) is 0 Å². The number of rotatable bonds is 1. The predicted molar refractivity (Wildman–Crippen MR) is 44.0 cm³/mol. The Morgan fingerprint density at radius 3 is 3.17 bits per heavy atom. The molecule has 0 aliphatic heterocycles. The lowest BCUT2D eigenvalue weighted by molar-refractivity contribution is 0.0959. The van der Waals surface area contributed by atoms with E-state index in [1.165, 1.54) is 0 Å². The molecule has 0 spiro atoms. The van der Waals surface area contributed by atoms with Crippen LogP contribution in [0, 0.1) is 0 Å². The molecule has 12 heavy (non-hydrogen) atoms. The Morgan fingerprint density at radius 1 is 1.67 bits per heavy atom. The van der Waals surface area contributed by atoms with Gasteiger partial charge in [0.15, 0.2) is 5.58 Å². The molecule has 2 N–H and O–H groups in total. The summed E-state index contributed by atoms with van der Waals surface area (Å²) in [6.07, 6.45) is 1.58. The number of hydrogen-bond donors (Lipinski definition) is 2.